The van der Waals surface area contributed by atoms with Crippen LogP contribution in [0.3, 0.4) is 0 Å². The molecule has 2 aliphatic heterocycles. The van der Waals surface area contributed by atoms with Gasteiger partial charge >= 0.3 is 0 Å². The van der Waals surface area contributed by atoms with Crippen molar-refractivity contribution in [3.05, 3.63) is 0 Å². The van der Waals surface area contributed by atoms with E-state index in [1.165, 1.54) is 13.0 Å². The molecule has 0 radical (unpaired) electrons. The normalized spacial score (nSPS) is 37.4. The molecule has 0 aromatic rings. The minimum absolute atomic E-state index is 0. The average Bonchev–Trinajstić information content (AvgIpc) is 2.11. The van der Waals surface area contributed by atoms with Gasteiger partial charge in [0.1, 0.15) is 5.78 Å². The van der Waals surface area contributed by atoms with E-state index in [9.17, 15) is 4.79 Å². The van der Waals surface area contributed by atoms with Crippen molar-refractivity contribution in [1.29, 1.82) is 0 Å². The Balaban J connectivity index is 0.000000500. The summed E-state index contributed by atoms with van der Waals surface area (Å²) in [5.41, 5.74) is 0. The Kier molecular flexibility index (Phi) is 2.32. The molecule has 0 aromatic heterocycles. The van der Waals surface area contributed by atoms with Crippen molar-refractivity contribution in [2.45, 2.75) is 12.8 Å². The number of Topliss-reactive ketones (excluding diaryl/α,β-unsaturated/α-hetero) is 1. The van der Waals surface area contributed by atoms with E-state index in [1.54, 1.807) is 0 Å². The minimum Gasteiger partial charge on any atom is -0.298 e. The molecule has 0 aliphatic carbocycles. The Morgan fingerprint density at radius 3 is 3.00 bits per heavy atom. The quantitative estimate of drug-likeness (QED) is 0.522. The number of fused-ring (bicyclic) bond motifs is 2. The van der Waals surface area contributed by atoms with Gasteiger partial charge in [0.05, 0.1) is 6.54 Å². The molecule has 58 valence electrons. The van der Waals surface area contributed by atoms with Crippen LogP contribution in [-0.2, 0) is 4.79 Å². The zero-order valence-electron chi connectivity index (χ0n) is 5.88. The zero-order valence-corrected chi connectivity index (χ0v) is 6.69. The molecule has 0 spiro atoms. The SMILES string of the molecule is Cl.O=C1C[C@H]2CCN(C1)C2. The first-order chi connectivity index (χ1) is 4.34. The summed E-state index contributed by atoms with van der Waals surface area (Å²) < 4.78 is 0. The molecule has 1 unspecified atom stereocenters. The molecule has 2 nitrogen and oxygen atoms in total. The number of halogens is 1. The van der Waals surface area contributed by atoms with Gasteiger partial charge in [0, 0.05) is 13.0 Å². The van der Waals surface area contributed by atoms with Crippen LogP contribution in [0.4, 0.5) is 0 Å². The van der Waals surface area contributed by atoms with Crippen LogP contribution < -0.4 is 0 Å². The van der Waals surface area contributed by atoms with E-state index in [4.69, 9.17) is 0 Å². The van der Waals surface area contributed by atoms with Gasteiger partial charge in [0.2, 0.25) is 0 Å². The monoisotopic (exact) mass is 161 g/mol. The number of carbonyl (C=O) groups excluding carboxylic acids is 1. The van der Waals surface area contributed by atoms with Gasteiger partial charge in [-0.3, -0.25) is 9.69 Å². The van der Waals surface area contributed by atoms with Crippen molar-refractivity contribution in [3.63, 3.8) is 0 Å². The molecule has 0 saturated carbocycles. The topological polar surface area (TPSA) is 20.3 Å². The molecule has 2 aliphatic rings. The summed E-state index contributed by atoms with van der Waals surface area (Å²) in [4.78, 5) is 13.1. The summed E-state index contributed by atoms with van der Waals surface area (Å²) in [5, 5.41) is 0. The number of rotatable bonds is 0. The fraction of sp³-hybridized carbons (Fsp3) is 0.857. The molecule has 0 aromatic carbocycles. The number of nitrogens with zero attached hydrogens (tertiary/aromatic N) is 1. The van der Waals surface area contributed by atoms with E-state index in [1.807, 2.05) is 0 Å². The molecule has 2 atom stereocenters. The fourth-order valence-electron chi connectivity index (χ4n) is 1.86. The lowest BCUT2D eigenvalue weighted by molar-refractivity contribution is -0.122. The molecule has 2 rings (SSSR count). The van der Waals surface area contributed by atoms with Gasteiger partial charge in [-0.2, -0.15) is 0 Å². The predicted octanol–water partition coefficient (Wildman–Crippen LogP) is 0.703. The van der Waals surface area contributed by atoms with E-state index >= 15 is 0 Å². The maximum absolute atomic E-state index is 10.9. The van der Waals surface area contributed by atoms with Crippen molar-refractivity contribution in [2.75, 3.05) is 19.6 Å². The lowest BCUT2D eigenvalue weighted by Crippen LogP contribution is -2.32. The van der Waals surface area contributed by atoms with E-state index in [0.29, 0.717) is 11.7 Å². The average molecular weight is 162 g/mol. The second kappa shape index (κ2) is 2.89. The van der Waals surface area contributed by atoms with Gasteiger partial charge in [-0.15, -0.1) is 12.4 Å². The molecule has 10 heavy (non-hydrogen) atoms. The highest BCUT2D eigenvalue weighted by Gasteiger charge is 2.30. The van der Waals surface area contributed by atoms with Crippen LogP contribution in [0.2, 0.25) is 0 Å². The van der Waals surface area contributed by atoms with Gasteiger partial charge in [-0.1, -0.05) is 0 Å². The Hall–Kier alpha value is -0.0800. The van der Waals surface area contributed by atoms with Crippen LogP contribution in [0, 0.1) is 5.92 Å². The second-order valence-corrected chi connectivity index (χ2v) is 3.13. The maximum atomic E-state index is 10.9. The van der Waals surface area contributed by atoms with Gasteiger partial charge in [0.25, 0.3) is 0 Å². The van der Waals surface area contributed by atoms with Crippen LogP contribution in [-0.4, -0.2) is 30.3 Å². The highest BCUT2D eigenvalue weighted by Crippen LogP contribution is 2.23. The molecule has 2 saturated heterocycles. The highest BCUT2D eigenvalue weighted by atomic mass is 35.5. The molecule has 2 bridgehead atoms. The Bertz CT molecular complexity index is 135. The second-order valence-electron chi connectivity index (χ2n) is 3.13. The maximum Gasteiger partial charge on any atom is 0.147 e. The van der Waals surface area contributed by atoms with Crippen molar-refractivity contribution >= 4 is 18.2 Å². The first kappa shape index (κ1) is 8.02. The summed E-state index contributed by atoms with van der Waals surface area (Å²) in [6.45, 7) is 3.08. The smallest absolute Gasteiger partial charge is 0.147 e. The lowest BCUT2D eigenvalue weighted by atomic mass is 10.0. The summed E-state index contributed by atoms with van der Waals surface area (Å²) in [5.74, 6) is 1.16. The molecular formula is C7H12ClNO. The summed E-state index contributed by atoms with van der Waals surface area (Å²) >= 11 is 0. The van der Waals surface area contributed by atoms with Gasteiger partial charge in [-0.05, 0) is 18.9 Å². The van der Waals surface area contributed by atoms with Gasteiger partial charge in [0.15, 0.2) is 0 Å². The van der Waals surface area contributed by atoms with E-state index in [-0.39, 0.29) is 12.4 Å². The third-order valence-electron chi connectivity index (χ3n) is 2.29. The molecule has 0 amide bonds. The van der Waals surface area contributed by atoms with Crippen molar-refractivity contribution in [1.82, 2.24) is 4.90 Å². The standard InChI is InChI=1S/C7H11NO.ClH/c9-7-3-6-1-2-8(4-6)5-7;/h6H,1-5H2;1H/t6-;/m1./s1. The Morgan fingerprint density at radius 1 is 1.50 bits per heavy atom. The third kappa shape index (κ3) is 1.32. The van der Waals surface area contributed by atoms with Crippen LogP contribution in [0.25, 0.3) is 0 Å². The number of hydrogen-bond donors (Lipinski definition) is 0. The molecule has 2 heterocycles. The Morgan fingerprint density at radius 2 is 2.30 bits per heavy atom. The van der Waals surface area contributed by atoms with E-state index in [0.717, 1.165) is 19.5 Å². The van der Waals surface area contributed by atoms with Crippen LogP contribution in [0.5, 0.6) is 0 Å². The minimum atomic E-state index is 0. The van der Waals surface area contributed by atoms with Crippen molar-refractivity contribution < 1.29 is 4.79 Å². The van der Waals surface area contributed by atoms with Crippen LogP contribution in [0.15, 0.2) is 0 Å². The lowest BCUT2D eigenvalue weighted by Gasteiger charge is -2.19. The summed E-state index contributed by atoms with van der Waals surface area (Å²) in [7, 11) is 0. The molecule has 3 heteroatoms. The number of carbonyl (C=O) groups is 1. The summed E-state index contributed by atoms with van der Waals surface area (Å²) in [6, 6.07) is 0. The van der Waals surface area contributed by atoms with E-state index in [2.05, 4.69) is 4.90 Å². The largest absolute Gasteiger partial charge is 0.298 e. The number of hydrogen-bond acceptors (Lipinski definition) is 2. The number of ketones is 1. The number of piperidine rings is 1. The van der Waals surface area contributed by atoms with Crippen molar-refractivity contribution in [3.8, 4) is 0 Å². The third-order valence-corrected chi connectivity index (χ3v) is 2.29. The predicted molar refractivity (Wildman–Crippen MR) is 41.4 cm³/mol. The van der Waals surface area contributed by atoms with E-state index < -0.39 is 0 Å². The highest BCUT2D eigenvalue weighted by molar-refractivity contribution is 5.85. The summed E-state index contributed by atoms with van der Waals surface area (Å²) in [6.07, 6.45) is 2.11. The first-order valence-corrected chi connectivity index (χ1v) is 3.58. The molecule has 2 fully saturated rings. The van der Waals surface area contributed by atoms with Crippen LogP contribution >= 0.6 is 12.4 Å². The Labute approximate surface area is 67.0 Å². The molecular weight excluding hydrogens is 150 g/mol. The fourth-order valence-corrected chi connectivity index (χ4v) is 1.86. The van der Waals surface area contributed by atoms with Crippen molar-refractivity contribution in [2.24, 2.45) is 5.92 Å². The van der Waals surface area contributed by atoms with Gasteiger partial charge < -0.3 is 0 Å². The van der Waals surface area contributed by atoms with Gasteiger partial charge in [-0.25, -0.2) is 0 Å². The van der Waals surface area contributed by atoms with Crippen LogP contribution in [0.1, 0.15) is 12.8 Å². The zero-order chi connectivity index (χ0) is 6.27. The first-order valence-electron chi connectivity index (χ1n) is 3.58. The molecule has 0 N–H and O–H groups in total.